The minimum Gasteiger partial charge on any atom is -0.493 e. The number of piperidine rings is 1. The Morgan fingerprint density at radius 2 is 1.88 bits per heavy atom. The highest BCUT2D eigenvalue weighted by Gasteiger charge is 2.25. The molecule has 24 heavy (non-hydrogen) atoms. The molecule has 1 amide bonds. The Bertz CT molecular complexity index is 603. The lowest BCUT2D eigenvalue weighted by atomic mass is 9.98. The molecule has 0 saturated carbocycles. The van der Waals surface area contributed by atoms with Crippen LogP contribution in [0.25, 0.3) is 0 Å². The van der Waals surface area contributed by atoms with Crippen molar-refractivity contribution in [2.45, 2.75) is 32.7 Å². The maximum atomic E-state index is 12.6. The first-order chi connectivity index (χ1) is 11.6. The van der Waals surface area contributed by atoms with E-state index in [2.05, 4.69) is 17.9 Å². The van der Waals surface area contributed by atoms with Crippen molar-refractivity contribution in [2.75, 3.05) is 40.4 Å². The van der Waals surface area contributed by atoms with Gasteiger partial charge in [0.25, 0.3) is 0 Å². The van der Waals surface area contributed by atoms with Crippen LogP contribution in [0.5, 0.6) is 11.5 Å². The van der Waals surface area contributed by atoms with Crippen molar-refractivity contribution in [3.05, 3.63) is 23.3 Å². The van der Waals surface area contributed by atoms with Gasteiger partial charge in [0.05, 0.1) is 20.8 Å². The van der Waals surface area contributed by atoms with Gasteiger partial charge in [-0.15, -0.1) is 0 Å². The lowest BCUT2D eigenvalue weighted by Crippen LogP contribution is -2.45. The smallest absolute Gasteiger partial charge is 0.236 e. The zero-order valence-corrected chi connectivity index (χ0v) is 15.0. The summed E-state index contributed by atoms with van der Waals surface area (Å²) in [7, 11) is 3.32. The standard InChI is InChI=1S/C19H28N2O3/c1-14-5-4-7-21(11-14)19(22)13-20-8-6-15-9-17(23-2)18(24-3)10-16(15)12-20/h9-10,14H,4-8,11-13H2,1-3H3. The number of likely N-dealkylation sites (tertiary alicyclic amines) is 1. The first kappa shape index (κ1) is 17.1. The first-order valence-electron chi connectivity index (χ1n) is 8.84. The number of amides is 1. The third-order valence-electron chi connectivity index (χ3n) is 5.17. The molecule has 0 radical (unpaired) electrons. The molecular weight excluding hydrogens is 304 g/mol. The Labute approximate surface area is 144 Å². The monoisotopic (exact) mass is 332 g/mol. The quantitative estimate of drug-likeness (QED) is 0.849. The third-order valence-corrected chi connectivity index (χ3v) is 5.17. The van der Waals surface area contributed by atoms with Crippen molar-refractivity contribution in [3.63, 3.8) is 0 Å². The summed E-state index contributed by atoms with van der Waals surface area (Å²) >= 11 is 0. The van der Waals surface area contributed by atoms with Crippen LogP contribution < -0.4 is 9.47 Å². The fourth-order valence-electron chi connectivity index (χ4n) is 3.78. The summed E-state index contributed by atoms with van der Waals surface area (Å²) in [5.74, 6) is 2.43. The largest absolute Gasteiger partial charge is 0.493 e. The average Bonchev–Trinajstić information content (AvgIpc) is 2.60. The van der Waals surface area contributed by atoms with Crippen LogP contribution in [0.2, 0.25) is 0 Å². The van der Waals surface area contributed by atoms with Crippen molar-refractivity contribution in [2.24, 2.45) is 5.92 Å². The van der Waals surface area contributed by atoms with E-state index in [0.29, 0.717) is 12.5 Å². The second kappa shape index (κ2) is 7.43. The summed E-state index contributed by atoms with van der Waals surface area (Å²) < 4.78 is 10.8. The number of rotatable bonds is 4. The lowest BCUT2D eigenvalue weighted by Gasteiger charge is -2.34. The van der Waals surface area contributed by atoms with Crippen LogP contribution in [0.15, 0.2) is 12.1 Å². The van der Waals surface area contributed by atoms with Gasteiger partial charge in [-0.1, -0.05) is 6.92 Å². The minimum atomic E-state index is 0.269. The van der Waals surface area contributed by atoms with Crippen LogP contribution in [0, 0.1) is 5.92 Å². The van der Waals surface area contributed by atoms with Gasteiger partial charge < -0.3 is 14.4 Å². The summed E-state index contributed by atoms with van der Waals surface area (Å²) in [6.45, 7) is 6.28. The highest BCUT2D eigenvalue weighted by Crippen LogP contribution is 2.33. The van der Waals surface area contributed by atoms with Crippen molar-refractivity contribution in [1.29, 1.82) is 0 Å². The topological polar surface area (TPSA) is 42.0 Å². The molecule has 1 fully saturated rings. The molecule has 0 bridgehead atoms. The van der Waals surface area contributed by atoms with E-state index in [9.17, 15) is 4.79 Å². The highest BCUT2D eigenvalue weighted by molar-refractivity contribution is 5.78. The van der Waals surface area contributed by atoms with E-state index in [0.717, 1.165) is 50.5 Å². The Hall–Kier alpha value is -1.75. The number of benzene rings is 1. The summed E-state index contributed by atoms with van der Waals surface area (Å²) in [4.78, 5) is 16.9. The van der Waals surface area contributed by atoms with E-state index in [4.69, 9.17) is 9.47 Å². The van der Waals surface area contributed by atoms with Gasteiger partial charge in [-0.25, -0.2) is 0 Å². The number of ether oxygens (including phenoxy) is 2. The number of carbonyl (C=O) groups is 1. The summed E-state index contributed by atoms with van der Waals surface area (Å²) in [6.07, 6.45) is 3.31. The van der Waals surface area contributed by atoms with Gasteiger partial charge in [-0.05, 0) is 48.4 Å². The molecule has 2 aliphatic heterocycles. The average molecular weight is 332 g/mol. The molecule has 0 aliphatic carbocycles. The van der Waals surface area contributed by atoms with Gasteiger partial charge in [0.2, 0.25) is 5.91 Å². The molecule has 2 heterocycles. The van der Waals surface area contributed by atoms with Crippen LogP contribution in [0.3, 0.4) is 0 Å². The first-order valence-corrected chi connectivity index (χ1v) is 8.84. The van der Waals surface area contributed by atoms with E-state index in [1.54, 1.807) is 14.2 Å². The van der Waals surface area contributed by atoms with E-state index < -0.39 is 0 Å². The fraction of sp³-hybridized carbons (Fsp3) is 0.632. The molecule has 5 nitrogen and oxygen atoms in total. The SMILES string of the molecule is COc1cc2c(cc1OC)CN(CC(=O)N1CCCC(C)C1)CC2. The molecule has 3 rings (SSSR count). The van der Waals surface area contributed by atoms with Crippen LogP contribution in [-0.4, -0.2) is 56.1 Å². The van der Waals surface area contributed by atoms with E-state index in [1.165, 1.54) is 17.5 Å². The van der Waals surface area contributed by atoms with Crippen LogP contribution in [0.4, 0.5) is 0 Å². The number of fused-ring (bicyclic) bond motifs is 1. The maximum Gasteiger partial charge on any atom is 0.236 e. The number of hydrogen-bond acceptors (Lipinski definition) is 4. The molecule has 0 aromatic heterocycles. The molecule has 132 valence electrons. The number of nitrogens with zero attached hydrogens (tertiary/aromatic N) is 2. The van der Waals surface area contributed by atoms with E-state index >= 15 is 0 Å². The summed E-state index contributed by atoms with van der Waals surface area (Å²) in [5, 5.41) is 0. The van der Waals surface area contributed by atoms with Gasteiger partial charge in [0.1, 0.15) is 0 Å². The maximum absolute atomic E-state index is 12.6. The van der Waals surface area contributed by atoms with Crippen molar-refractivity contribution < 1.29 is 14.3 Å². The van der Waals surface area contributed by atoms with Crippen LogP contribution in [-0.2, 0) is 17.8 Å². The van der Waals surface area contributed by atoms with Crippen molar-refractivity contribution in [3.8, 4) is 11.5 Å². The fourth-order valence-corrected chi connectivity index (χ4v) is 3.78. The number of hydrogen-bond donors (Lipinski definition) is 0. The molecule has 2 aliphatic rings. The minimum absolute atomic E-state index is 0.269. The molecule has 1 aromatic carbocycles. The Morgan fingerprint density at radius 3 is 2.54 bits per heavy atom. The van der Waals surface area contributed by atoms with Gasteiger partial charge in [-0.2, -0.15) is 0 Å². The molecule has 1 unspecified atom stereocenters. The summed E-state index contributed by atoms with van der Waals surface area (Å²) in [6, 6.07) is 4.12. The Balaban J connectivity index is 1.65. The van der Waals surface area contributed by atoms with Crippen LogP contribution in [0.1, 0.15) is 30.9 Å². The Kier molecular flexibility index (Phi) is 5.29. The molecule has 0 N–H and O–H groups in total. The highest BCUT2D eigenvalue weighted by atomic mass is 16.5. The molecule has 1 aromatic rings. The third kappa shape index (κ3) is 3.66. The van der Waals surface area contributed by atoms with Gasteiger partial charge in [0.15, 0.2) is 11.5 Å². The van der Waals surface area contributed by atoms with Crippen molar-refractivity contribution in [1.82, 2.24) is 9.80 Å². The van der Waals surface area contributed by atoms with Gasteiger partial charge in [-0.3, -0.25) is 9.69 Å². The summed E-state index contributed by atoms with van der Waals surface area (Å²) in [5.41, 5.74) is 2.53. The second-order valence-electron chi connectivity index (χ2n) is 7.02. The Morgan fingerprint density at radius 1 is 1.17 bits per heavy atom. The van der Waals surface area contributed by atoms with E-state index in [1.807, 2.05) is 11.0 Å². The lowest BCUT2D eigenvalue weighted by molar-refractivity contribution is -0.134. The number of methoxy groups -OCH3 is 2. The molecule has 1 atom stereocenters. The predicted octanol–water partition coefficient (Wildman–Crippen LogP) is 2.32. The van der Waals surface area contributed by atoms with Crippen molar-refractivity contribution >= 4 is 5.91 Å². The predicted molar refractivity (Wildman–Crippen MR) is 93.5 cm³/mol. The number of carbonyl (C=O) groups excluding carboxylic acids is 1. The van der Waals surface area contributed by atoms with Crippen LogP contribution >= 0.6 is 0 Å². The molecule has 1 saturated heterocycles. The molecule has 0 spiro atoms. The molecular formula is C19H28N2O3. The zero-order valence-electron chi connectivity index (χ0n) is 15.0. The zero-order chi connectivity index (χ0) is 17.1. The molecule has 5 heteroatoms. The van der Waals surface area contributed by atoms with Gasteiger partial charge in [0, 0.05) is 26.2 Å². The second-order valence-corrected chi connectivity index (χ2v) is 7.02. The van der Waals surface area contributed by atoms with E-state index in [-0.39, 0.29) is 5.91 Å². The van der Waals surface area contributed by atoms with Gasteiger partial charge >= 0.3 is 0 Å². The normalized spacial score (nSPS) is 21.3.